The van der Waals surface area contributed by atoms with Crippen LogP contribution in [0.1, 0.15) is 15.9 Å². The van der Waals surface area contributed by atoms with Gasteiger partial charge in [0.25, 0.3) is 0 Å². The first-order chi connectivity index (χ1) is 14.1. The van der Waals surface area contributed by atoms with Crippen LogP contribution in [0.15, 0.2) is 36.5 Å². The van der Waals surface area contributed by atoms with E-state index in [4.69, 9.17) is 4.74 Å². The number of alkyl halides is 3. The molecule has 0 aliphatic carbocycles. The van der Waals surface area contributed by atoms with Gasteiger partial charge in [0, 0.05) is 6.07 Å². The molecule has 0 unspecified atom stereocenters. The highest BCUT2D eigenvalue weighted by Crippen LogP contribution is 2.29. The van der Waals surface area contributed by atoms with Crippen molar-refractivity contribution in [3.63, 3.8) is 0 Å². The summed E-state index contributed by atoms with van der Waals surface area (Å²) in [6.07, 6.45) is 1.26. The Morgan fingerprint density at radius 3 is 2.40 bits per heavy atom. The predicted octanol–water partition coefficient (Wildman–Crippen LogP) is 2.50. The highest BCUT2D eigenvalue weighted by molar-refractivity contribution is 7.87. The van der Waals surface area contributed by atoms with E-state index in [1.807, 2.05) is 0 Å². The zero-order chi connectivity index (χ0) is 22.1. The second kappa shape index (κ2) is 7.82. The molecule has 0 aliphatic heterocycles. The van der Waals surface area contributed by atoms with E-state index >= 15 is 0 Å². The lowest BCUT2D eigenvalue weighted by molar-refractivity contribution is -0.0501. The van der Waals surface area contributed by atoms with E-state index in [1.165, 1.54) is 18.0 Å². The van der Waals surface area contributed by atoms with Crippen LogP contribution in [0.2, 0.25) is 0 Å². The molecule has 0 amide bonds. The maximum absolute atomic E-state index is 12.7. The van der Waals surface area contributed by atoms with Gasteiger partial charge in [-0.1, -0.05) is 12.1 Å². The predicted molar refractivity (Wildman–Crippen MR) is 96.6 cm³/mol. The molecule has 0 saturated heterocycles. The molecule has 0 bridgehead atoms. The zero-order valence-corrected chi connectivity index (χ0v) is 16.3. The molecule has 3 rings (SSSR count). The number of benzene rings is 1. The highest BCUT2D eigenvalue weighted by atomic mass is 32.2. The summed E-state index contributed by atoms with van der Waals surface area (Å²) < 4.78 is 75.7. The van der Waals surface area contributed by atoms with Gasteiger partial charge < -0.3 is 13.7 Å². The number of halogens is 3. The average molecular weight is 445 g/mol. The number of fused-ring (bicyclic) bond motifs is 1. The Hall–Kier alpha value is -3.35. The number of hydrogen-bond donors (Lipinski definition) is 0. The minimum absolute atomic E-state index is 0.0684. The number of pyridine rings is 1. The molecule has 9 nitrogen and oxygen atoms in total. The van der Waals surface area contributed by atoms with Crippen molar-refractivity contribution in [1.82, 2.24) is 14.8 Å². The molecule has 0 spiro atoms. The van der Waals surface area contributed by atoms with Crippen molar-refractivity contribution >= 4 is 27.1 Å². The molecule has 160 valence electrons. The number of esters is 1. The van der Waals surface area contributed by atoms with E-state index in [0.29, 0.717) is 5.75 Å². The summed E-state index contributed by atoms with van der Waals surface area (Å²) in [5.41, 5.74) is -5.26. The standard InChI is InChI=1S/C17H14F3N3O6S/c1-27-11-5-3-10(4-6-11)9-23-15-13(8-21-23)12(16(24)28-2)7-14(22-15)29-30(25,26)17(18,19)20/h3-8H,9H2,1-2H3. The largest absolute Gasteiger partial charge is 0.534 e. The van der Waals surface area contributed by atoms with E-state index in [9.17, 15) is 26.4 Å². The van der Waals surface area contributed by atoms with Crippen molar-refractivity contribution in [2.45, 2.75) is 12.1 Å². The number of carbonyl (C=O) groups excluding carboxylic acids is 1. The van der Waals surface area contributed by atoms with E-state index in [1.54, 1.807) is 24.3 Å². The number of rotatable bonds is 6. The Morgan fingerprint density at radius 2 is 1.83 bits per heavy atom. The van der Waals surface area contributed by atoms with Crippen molar-refractivity contribution in [3.8, 4) is 11.6 Å². The molecule has 2 aromatic heterocycles. The van der Waals surface area contributed by atoms with Gasteiger partial charge in [-0.25, -0.2) is 9.48 Å². The van der Waals surface area contributed by atoms with Crippen LogP contribution < -0.4 is 8.92 Å². The SMILES string of the molecule is COC(=O)c1cc(OS(=O)(=O)C(F)(F)F)nc2c1cnn2Cc1ccc(OC)cc1. The molecule has 0 atom stereocenters. The van der Waals surface area contributed by atoms with Gasteiger partial charge in [0.15, 0.2) is 5.65 Å². The van der Waals surface area contributed by atoms with Gasteiger partial charge in [0.05, 0.1) is 37.9 Å². The number of ether oxygens (including phenoxy) is 2. The fourth-order valence-corrected chi connectivity index (χ4v) is 2.93. The lowest BCUT2D eigenvalue weighted by atomic mass is 10.2. The van der Waals surface area contributed by atoms with Gasteiger partial charge >= 0.3 is 21.6 Å². The topological polar surface area (TPSA) is 110 Å². The van der Waals surface area contributed by atoms with Crippen LogP contribution in [-0.4, -0.2) is 48.9 Å². The summed E-state index contributed by atoms with van der Waals surface area (Å²) in [6.45, 7) is 0.122. The maximum atomic E-state index is 12.7. The Balaban J connectivity index is 2.08. The lowest BCUT2D eigenvalue weighted by Crippen LogP contribution is -2.28. The maximum Gasteiger partial charge on any atom is 0.534 e. The summed E-state index contributed by atoms with van der Waals surface area (Å²) in [5, 5.41) is 4.23. The highest BCUT2D eigenvalue weighted by Gasteiger charge is 2.49. The zero-order valence-electron chi connectivity index (χ0n) is 15.5. The number of aromatic nitrogens is 3. The Kier molecular flexibility index (Phi) is 5.57. The van der Waals surface area contributed by atoms with E-state index in [2.05, 4.69) is 19.0 Å². The first-order valence-corrected chi connectivity index (χ1v) is 9.55. The van der Waals surface area contributed by atoms with Gasteiger partial charge in [-0.15, -0.1) is 0 Å². The van der Waals surface area contributed by atoms with Crippen LogP contribution in [0.5, 0.6) is 11.6 Å². The second-order valence-corrected chi connectivity index (χ2v) is 7.41. The van der Waals surface area contributed by atoms with E-state index < -0.39 is 27.5 Å². The third-order valence-corrected chi connectivity index (χ3v) is 4.92. The summed E-state index contributed by atoms with van der Waals surface area (Å²) in [6, 6.07) is 7.58. The van der Waals surface area contributed by atoms with Crippen LogP contribution >= 0.6 is 0 Å². The molecule has 0 aliphatic rings. The summed E-state index contributed by atoms with van der Waals surface area (Å²) in [4.78, 5) is 15.9. The van der Waals surface area contributed by atoms with Crippen molar-refractivity contribution in [2.75, 3.05) is 14.2 Å². The lowest BCUT2D eigenvalue weighted by Gasteiger charge is -2.11. The van der Waals surface area contributed by atoms with Crippen LogP contribution in [0.4, 0.5) is 13.2 Å². The minimum atomic E-state index is -5.99. The van der Waals surface area contributed by atoms with Gasteiger partial charge in [-0.2, -0.15) is 31.7 Å². The quantitative estimate of drug-likeness (QED) is 0.323. The van der Waals surface area contributed by atoms with Crippen LogP contribution in [-0.2, 0) is 21.4 Å². The van der Waals surface area contributed by atoms with Crippen LogP contribution in [0, 0.1) is 0 Å². The van der Waals surface area contributed by atoms with Crippen LogP contribution in [0.3, 0.4) is 0 Å². The van der Waals surface area contributed by atoms with E-state index in [-0.39, 0.29) is 23.1 Å². The fourth-order valence-electron chi connectivity index (χ4n) is 2.53. The molecule has 0 radical (unpaired) electrons. The third kappa shape index (κ3) is 4.15. The molecule has 30 heavy (non-hydrogen) atoms. The van der Waals surface area contributed by atoms with Gasteiger partial charge in [-0.3, -0.25) is 0 Å². The molecule has 0 N–H and O–H groups in total. The molecule has 1 aromatic carbocycles. The van der Waals surface area contributed by atoms with E-state index in [0.717, 1.165) is 18.7 Å². The van der Waals surface area contributed by atoms with Crippen molar-refractivity contribution in [1.29, 1.82) is 0 Å². The first kappa shape index (κ1) is 21.4. The summed E-state index contributed by atoms with van der Waals surface area (Å²) in [5.74, 6) is -1.26. The Bertz CT molecular complexity index is 1190. The van der Waals surface area contributed by atoms with Crippen molar-refractivity contribution in [3.05, 3.63) is 47.7 Å². The average Bonchev–Trinajstić information content (AvgIpc) is 3.09. The Morgan fingerprint density at radius 1 is 1.17 bits per heavy atom. The fraction of sp³-hybridized carbons (Fsp3) is 0.235. The second-order valence-electron chi connectivity index (χ2n) is 5.87. The molecular weight excluding hydrogens is 431 g/mol. The normalized spacial score (nSPS) is 12.0. The first-order valence-electron chi connectivity index (χ1n) is 8.14. The third-order valence-electron chi connectivity index (χ3n) is 3.96. The number of methoxy groups -OCH3 is 2. The van der Waals surface area contributed by atoms with Gasteiger partial charge in [0.1, 0.15) is 5.75 Å². The minimum Gasteiger partial charge on any atom is -0.497 e. The smallest absolute Gasteiger partial charge is 0.497 e. The van der Waals surface area contributed by atoms with Crippen LogP contribution in [0.25, 0.3) is 11.0 Å². The number of nitrogens with zero attached hydrogens (tertiary/aromatic N) is 3. The molecule has 2 heterocycles. The number of hydrogen-bond acceptors (Lipinski definition) is 8. The number of carbonyl (C=O) groups is 1. The Labute approximate surface area is 168 Å². The van der Waals surface area contributed by atoms with Crippen molar-refractivity contribution < 1.29 is 40.0 Å². The summed E-state index contributed by atoms with van der Waals surface area (Å²) >= 11 is 0. The molecule has 0 saturated carbocycles. The molecular formula is C17H14F3N3O6S. The molecule has 3 aromatic rings. The monoisotopic (exact) mass is 445 g/mol. The van der Waals surface area contributed by atoms with Gasteiger partial charge in [-0.05, 0) is 17.7 Å². The summed E-state index contributed by atoms with van der Waals surface area (Å²) in [7, 11) is -3.43. The molecule has 13 heteroatoms. The van der Waals surface area contributed by atoms with Crippen molar-refractivity contribution in [2.24, 2.45) is 0 Å². The molecule has 0 fully saturated rings. The van der Waals surface area contributed by atoms with Gasteiger partial charge in [0.2, 0.25) is 5.88 Å².